The van der Waals surface area contributed by atoms with Gasteiger partial charge < -0.3 is 0 Å². The molecule has 1 heteroatoms. The Morgan fingerprint density at radius 2 is 2.62 bits per heavy atom. The van der Waals surface area contributed by atoms with Gasteiger partial charge in [0.15, 0.2) is 0 Å². The van der Waals surface area contributed by atoms with Gasteiger partial charge in [0.25, 0.3) is 0 Å². The van der Waals surface area contributed by atoms with E-state index in [1.54, 1.807) is 0 Å². The molecule has 0 spiro atoms. The van der Waals surface area contributed by atoms with Crippen molar-refractivity contribution in [1.29, 1.82) is 0 Å². The van der Waals surface area contributed by atoms with Gasteiger partial charge in [-0.15, -0.1) is 11.8 Å². The zero-order chi connectivity index (χ0) is 5.98. The quantitative estimate of drug-likeness (QED) is 0.523. The Labute approximate surface area is 55.4 Å². The van der Waals surface area contributed by atoms with Gasteiger partial charge in [0.2, 0.25) is 0 Å². The van der Waals surface area contributed by atoms with Crippen LogP contribution in [0.2, 0.25) is 0 Å². The predicted octanol–water partition coefficient (Wildman–Crippen LogP) is 2.81. The van der Waals surface area contributed by atoms with Crippen molar-refractivity contribution in [2.75, 3.05) is 0 Å². The van der Waals surface area contributed by atoms with Crippen LogP contribution in [0.3, 0.4) is 0 Å². The normalized spacial score (nSPS) is 29.1. The second-order valence-corrected chi connectivity index (χ2v) is 3.71. The minimum atomic E-state index is 0.891. The highest BCUT2D eigenvalue weighted by molar-refractivity contribution is 8.03. The molecule has 0 nitrogen and oxygen atoms in total. The van der Waals surface area contributed by atoms with Crippen molar-refractivity contribution in [3.05, 3.63) is 11.5 Å². The molecule has 0 bridgehead atoms. The molecule has 46 valence electrons. The highest BCUT2D eigenvalue weighted by Gasteiger charge is 2.15. The first-order chi connectivity index (χ1) is 3.83. The van der Waals surface area contributed by atoms with Crippen molar-refractivity contribution in [2.45, 2.75) is 31.4 Å². The predicted molar refractivity (Wildman–Crippen MR) is 40.0 cm³/mol. The second kappa shape index (κ2) is 2.58. The van der Waals surface area contributed by atoms with Crippen LogP contribution in [-0.4, -0.2) is 5.25 Å². The third-order valence-electron chi connectivity index (χ3n) is 1.53. The number of hydrogen-bond acceptors (Lipinski definition) is 1. The fraction of sp³-hybridized carbons (Fsp3) is 0.714. The second-order valence-electron chi connectivity index (χ2n) is 2.23. The minimum Gasteiger partial charge on any atom is -0.128 e. The van der Waals surface area contributed by atoms with Gasteiger partial charge in [0.05, 0.1) is 0 Å². The van der Waals surface area contributed by atoms with E-state index in [-0.39, 0.29) is 0 Å². The van der Waals surface area contributed by atoms with E-state index < -0.39 is 0 Å². The van der Waals surface area contributed by atoms with Crippen molar-refractivity contribution < 1.29 is 0 Å². The summed E-state index contributed by atoms with van der Waals surface area (Å²) >= 11 is 1.97. The maximum absolute atomic E-state index is 3.92. The molecule has 8 heavy (non-hydrogen) atoms. The van der Waals surface area contributed by atoms with Crippen molar-refractivity contribution in [1.82, 2.24) is 0 Å². The summed E-state index contributed by atoms with van der Waals surface area (Å²) < 4.78 is 0. The molecule has 1 rings (SSSR count). The van der Waals surface area contributed by atoms with E-state index in [0.29, 0.717) is 0 Å². The fourth-order valence-electron chi connectivity index (χ4n) is 0.963. The van der Waals surface area contributed by atoms with Crippen molar-refractivity contribution in [3.8, 4) is 0 Å². The molecule has 0 radical (unpaired) electrons. The first-order valence-electron chi connectivity index (χ1n) is 3.17. The molecular formula is C7H12S. The smallest absolute Gasteiger partial charge is 0.00917 e. The van der Waals surface area contributed by atoms with Crippen LogP contribution in [0.1, 0.15) is 26.2 Å². The molecule has 0 saturated carbocycles. The molecule has 0 aliphatic carbocycles. The van der Waals surface area contributed by atoms with E-state index >= 15 is 0 Å². The standard InChI is InChI=1S/C7H12S/c1-3-7-5-4-6(2)8-7/h7H,2-5H2,1H3. The highest BCUT2D eigenvalue weighted by atomic mass is 32.2. The lowest BCUT2D eigenvalue weighted by Crippen LogP contribution is -1.90. The third-order valence-corrected chi connectivity index (χ3v) is 2.97. The zero-order valence-corrected chi connectivity index (χ0v) is 6.13. The number of hydrogen-bond donors (Lipinski definition) is 0. The highest BCUT2D eigenvalue weighted by Crippen LogP contribution is 2.36. The van der Waals surface area contributed by atoms with E-state index in [0.717, 1.165) is 5.25 Å². The molecule has 0 aromatic rings. The summed E-state index contributed by atoms with van der Waals surface area (Å²) in [6, 6.07) is 0. The van der Waals surface area contributed by atoms with Crippen LogP contribution >= 0.6 is 11.8 Å². The van der Waals surface area contributed by atoms with Crippen LogP contribution in [0, 0.1) is 0 Å². The van der Waals surface area contributed by atoms with Crippen LogP contribution in [0.4, 0.5) is 0 Å². The van der Waals surface area contributed by atoms with Gasteiger partial charge in [-0.05, 0) is 24.2 Å². The van der Waals surface area contributed by atoms with Gasteiger partial charge in [0, 0.05) is 5.25 Å². The molecular weight excluding hydrogens is 116 g/mol. The van der Waals surface area contributed by atoms with Crippen LogP contribution in [0.15, 0.2) is 11.5 Å². The van der Waals surface area contributed by atoms with E-state index in [4.69, 9.17) is 0 Å². The lowest BCUT2D eigenvalue weighted by atomic mass is 10.2. The number of thioether (sulfide) groups is 1. The van der Waals surface area contributed by atoms with Gasteiger partial charge in [-0.1, -0.05) is 13.5 Å². The van der Waals surface area contributed by atoms with Crippen LogP contribution in [-0.2, 0) is 0 Å². The molecule has 1 fully saturated rings. The SMILES string of the molecule is C=C1CCC(CC)S1. The van der Waals surface area contributed by atoms with E-state index in [2.05, 4.69) is 13.5 Å². The molecule has 0 aromatic heterocycles. The molecule has 0 N–H and O–H groups in total. The summed E-state index contributed by atoms with van der Waals surface area (Å²) in [4.78, 5) is 1.39. The fourth-order valence-corrected chi connectivity index (χ4v) is 2.07. The molecule has 1 aliphatic rings. The summed E-state index contributed by atoms with van der Waals surface area (Å²) in [7, 11) is 0. The average molecular weight is 128 g/mol. The Bertz CT molecular complexity index is 96.6. The maximum Gasteiger partial charge on any atom is 0.00917 e. The van der Waals surface area contributed by atoms with Crippen molar-refractivity contribution in [2.24, 2.45) is 0 Å². The topological polar surface area (TPSA) is 0 Å². The maximum atomic E-state index is 3.92. The minimum absolute atomic E-state index is 0.891. The first-order valence-corrected chi connectivity index (χ1v) is 4.05. The summed E-state index contributed by atoms with van der Waals surface area (Å²) in [6.07, 6.45) is 3.92. The van der Waals surface area contributed by atoms with Crippen LogP contribution < -0.4 is 0 Å². The zero-order valence-electron chi connectivity index (χ0n) is 5.31. The van der Waals surface area contributed by atoms with E-state index in [9.17, 15) is 0 Å². The van der Waals surface area contributed by atoms with E-state index in [1.165, 1.54) is 24.2 Å². The first kappa shape index (κ1) is 6.21. The van der Waals surface area contributed by atoms with Crippen molar-refractivity contribution >= 4 is 11.8 Å². The van der Waals surface area contributed by atoms with Gasteiger partial charge in [-0.3, -0.25) is 0 Å². The lowest BCUT2D eigenvalue weighted by molar-refractivity contribution is 0.772. The van der Waals surface area contributed by atoms with Crippen LogP contribution in [0.5, 0.6) is 0 Å². The Balaban J connectivity index is 2.32. The van der Waals surface area contributed by atoms with Gasteiger partial charge in [0.1, 0.15) is 0 Å². The Kier molecular flexibility index (Phi) is 2.01. The summed E-state index contributed by atoms with van der Waals surface area (Å²) in [5.41, 5.74) is 0. The molecule has 1 unspecified atom stereocenters. The molecule has 0 amide bonds. The summed E-state index contributed by atoms with van der Waals surface area (Å²) in [6.45, 7) is 6.16. The van der Waals surface area contributed by atoms with Crippen molar-refractivity contribution in [3.63, 3.8) is 0 Å². The summed E-state index contributed by atoms with van der Waals surface area (Å²) in [5.74, 6) is 0. The monoisotopic (exact) mass is 128 g/mol. The molecule has 1 atom stereocenters. The Morgan fingerprint density at radius 1 is 1.88 bits per heavy atom. The van der Waals surface area contributed by atoms with Crippen LogP contribution in [0.25, 0.3) is 0 Å². The lowest BCUT2D eigenvalue weighted by Gasteiger charge is -1.99. The number of rotatable bonds is 1. The number of allylic oxidation sites excluding steroid dienone is 1. The van der Waals surface area contributed by atoms with Gasteiger partial charge in [-0.2, -0.15) is 0 Å². The molecule has 1 saturated heterocycles. The average Bonchev–Trinajstić information content (AvgIpc) is 2.14. The molecule has 1 heterocycles. The van der Waals surface area contributed by atoms with Gasteiger partial charge >= 0.3 is 0 Å². The summed E-state index contributed by atoms with van der Waals surface area (Å²) in [5, 5.41) is 0.891. The Morgan fingerprint density at radius 3 is 2.88 bits per heavy atom. The molecule has 0 aromatic carbocycles. The van der Waals surface area contributed by atoms with E-state index in [1.807, 2.05) is 11.8 Å². The molecule has 1 aliphatic heterocycles. The largest absolute Gasteiger partial charge is 0.128 e. The Hall–Kier alpha value is 0.0900. The third kappa shape index (κ3) is 1.28. The van der Waals surface area contributed by atoms with Gasteiger partial charge in [-0.25, -0.2) is 0 Å².